The molecule has 2 aromatic rings. The quantitative estimate of drug-likeness (QED) is 0.877. The Morgan fingerprint density at radius 3 is 3.05 bits per heavy atom. The fourth-order valence-electron chi connectivity index (χ4n) is 2.73. The van der Waals surface area contributed by atoms with Crippen LogP contribution in [0.2, 0.25) is 0 Å². The van der Waals surface area contributed by atoms with Gasteiger partial charge in [-0.15, -0.1) is 0 Å². The van der Waals surface area contributed by atoms with Crippen LogP contribution in [-0.2, 0) is 6.42 Å². The number of aromatic nitrogens is 1. The Kier molecular flexibility index (Phi) is 3.20. The largest absolute Gasteiger partial charge is 0.376 e. The Balaban J connectivity index is 1.88. The molecule has 1 aliphatic rings. The lowest BCUT2D eigenvalue weighted by Crippen LogP contribution is -2.19. The van der Waals surface area contributed by atoms with Gasteiger partial charge in [0.1, 0.15) is 5.82 Å². The zero-order valence-electron chi connectivity index (χ0n) is 11.0. The summed E-state index contributed by atoms with van der Waals surface area (Å²) >= 11 is 0. The topological polar surface area (TPSA) is 24.9 Å². The minimum Gasteiger partial charge on any atom is -0.376 e. The molecule has 0 saturated heterocycles. The van der Waals surface area contributed by atoms with Gasteiger partial charge in [-0.1, -0.05) is 6.07 Å². The molecule has 98 valence electrons. The number of halogens is 1. The molecule has 0 spiro atoms. The maximum absolute atomic E-state index is 13.1. The molecule has 2 nitrogen and oxygen atoms in total. The van der Waals surface area contributed by atoms with Crippen LogP contribution in [0, 0.1) is 12.7 Å². The highest BCUT2D eigenvalue weighted by molar-refractivity contribution is 5.52. The standard InChI is InChI=1S/C16H17FN2/c1-11-10-13(17)7-8-14(11)19-15-6-2-4-12-5-3-9-18-16(12)15/h3,5,7-10,15,19H,2,4,6H2,1H3. The van der Waals surface area contributed by atoms with Crippen LogP contribution in [0.15, 0.2) is 36.5 Å². The van der Waals surface area contributed by atoms with Crippen LogP contribution in [0.25, 0.3) is 0 Å². The van der Waals surface area contributed by atoms with E-state index in [1.165, 1.54) is 11.6 Å². The van der Waals surface area contributed by atoms with Crippen molar-refractivity contribution in [3.8, 4) is 0 Å². The highest BCUT2D eigenvalue weighted by Crippen LogP contribution is 2.31. The van der Waals surface area contributed by atoms with Gasteiger partial charge in [0.2, 0.25) is 0 Å². The first-order valence-corrected chi connectivity index (χ1v) is 6.70. The van der Waals surface area contributed by atoms with Crippen molar-refractivity contribution in [2.75, 3.05) is 5.32 Å². The predicted octanol–water partition coefficient (Wildman–Crippen LogP) is 4.02. The van der Waals surface area contributed by atoms with Gasteiger partial charge in [-0.25, -0.2) is 4.39 Å². The van der Waals surface area contributed by atoms with Crippen molar-refractivity contribution in [3.05, 3.63) is 59.2 Å². The number of benzene rings is 1. The molecule has 1 unspecified atom stereocenters. The third-order valence-corrected chi connectivity index (χ3v) is 3.71. The fourth-order valence-corrected chi connectivity index (χ4v) is 2.73. The summed E-state index contributed by atoms with van der Waals surface area (Å²) in [5, 5.41) is 3.50. The minimum atomic E-state index is -0.190. The maximum atomic E-state index is 13.1. The molecule has 0 amide bonds. The van der Waals surface area contributed by atoms with Crippen LogP contribution in [0.4, 0.5) is 10.1 Å². The monoisotopic (exact) mass is 256 g/mol. The Hall–Kier alpha value is -1.90. The van der Waals surface area contributed by atoms with Gasteiger partial charge in [-0.2, -0.15) is 0 Å². The molecule has 1 aromatic carbocycles. The van der Waals surface area contributed by atoms with E-state index in [0.717, 1.165) is 36.2 Å². The molecule has 1 aliphatic carbocycles. The van der Waals surface area contributed by atoms with Gasteiger partial charge < -0.3 is 5.32 Å². The lowest BCUT2D eigenvalue weighted by Gasteiger charge is -2.26. The number of anilines is 1. The van der Waals surface area contributed by atoms with E-state index >= 15 is 0 Å². The molecule has 3 heteroatoms. The lowest BCUT2D eigenvalue weighted by molar-refractivity contribution is 0.582. The zero-order valence-corrected chi connectivity index (χ0v) is 11.0. The summed E-state index contributed by atoms with van der Waals surface area (Å²) < 4.78 is 13.1. The molecule has 0 aliphatic heterocycles. The molecular formula is C16H17FN2. The summed E-state index contributed by atoms with van der Waals surface area (Å²) in [6.45, 7) is 1.92. The molecule has 1 aromatic heterocycles. The van der Waals surface area contributed by atoms with Gasteiger partial charge in [0, 0.05) is 11.9 Å². The van der Waals surface area contributed by atoms with Crippen molar-refractivity contribution in [2.45, 2.75) is 32.2 Å². The molecule has 1 N–H and O–H groups in total. The average molecular weight is 256 g/mol. The molecule has 19 heavy (non-hydrogen) atoms. The van der Waals surface area contributed by atoms with E-state index < -0.39 is 0 Å². The summed E-state index contributed by atoms with van der Waals surface area (Å²) in [5.74, 6) is -0.190. The summed E-state index contributed by atoms with van der Waals surface area (Å²) in [6, 6.07) is 9.23. The number of pyridine rings is 1. The summed E-state index contributed by atoms with van der Waals surface area (Å²) in [7, 11) is 0. The van der Waals surface area contributed by atoms with Gasteiger partial charge in [-0.05, 0) is 61.6 Å². The average Bonchev–Trinajstić information content (AvgIpc) is 2.42. The summed E-state index contributed by atoms with van der Waals surface area (Å²) in [6.07, 6.45) is 5.18. The van der Waals surface area contributed by atoms with Gasteiger partial charge in [-0.3, -0.25) is 4.98 Å². The molecule has 0 radical (unpaired) electrons. The van der Waals surface area contributed by atoms with E-state index in [1.54, 1.807) is 6.07 Å². The first-order valence-electron chi connectivity index (χ1n) is 6.70. The van der Waals surface area contributed by atoms with Crippen molar-refractivity contribution in [3.63, 3.8) is 0 Å². The first kappa shape index (κ1) is 12.2. The molecule has 1 heterocycles. The van der Waals surface area contributed by atoms with Crippen molar-refractivity contribution in [1.82, 2.24) is 4.98 Å². The van der Waals surface area contributed by atoms with Gasteiger partial charge in [0.15, 0.2) is 0 Å². The van der Waals surface area contributed by atoms with Crippen LogP contribution < -0.4 is 5.32 Å². The van der Waals surface area contributed by atoms with Crippen LogP contribution in [-0.4, -0.2) is 4.98 Å². The Morgan fingerprint density at radius 2 is 2.21 bits per heavy atom. The first-order chi connectivity index (χ1) is 9.24. The molecule has 0 fully saturated rings. The van der Waals surface area contributed by atoms with E-state index in [1.807, 2.05) is 25.3 Å². The lowest BCUT2D eigenvalue weighted by atomic mass is 9.91. The zero-order chi connectivity index (χ0) is 13.2. The minimum absolute atomic E-state index is 0.190. The smallest absolute Gasteiger partial charge is 0.123 e. The second-order valence-corrected chi connectivity index (χ2v) is 5.10. The Labute approximate surface area is 112 Å². The van der Waals surface area contributed by atoms with Crippen LogP contribution in [0.1, 0.15) is 35.7 Å². The molecule has 1 atom stereocenters. The molecule has 0 saturated carbocycles. The van der Waals surface area contributed by atoms with Crippen molar-refractivity contribution in [2.24, 2.45) is 0 Å². The Morgan fingerprint density at radius 1 is 1.32 bits per heavy atom. The van der Waals surface area contributed by atoms with E-state index in [2.05, 4.69) is 16.4 Å². The van der Waals surface area contributed by atoms with E-state index in [0.29, 0.717) is 0 Å². The second kappa shape index (κ2) is 5.00. The highest BCUT2D eigenvalue weighted by Gasteiger charge is 2.21. The van der Waals surface area contributed by atoms with Crippen molar-refractivity contribution < 1.29 is 4.39 Å². The van der Waals surface area contributed by atoms with Gasteiger partial charge in [0.25, 0.3) is 0 Å². The van der Waals surface area contributed by atoms with Crippen LogP contribution >= 0.6 is 0 Å². The predicted molar refractivity (Wildman–Crippen MR) is 74.7 cm³/mol. The maximum Gasteiger partial charge on any atom is 0.123 e. The number of rotatable bonds is 2. The number of nitrogens with one attached hydrogen (secondary N) is 1. The molecular weight excluding hydrogens is 239 g/mol. The molecule has 0 bridgehead atoms. The highest BCUT2D eigenvalue weighted by atomic mass is 19.1. The van der Waals surface area contributed by atoms with Crippen molar-refractivity contribution in [1.29, 1.82) is 0 Å². The summed E-state index contributed by atoms with van der Waals surface area (Å²) in [4.78, 5) is 4.51. The number of aryl methyl sites for hydroxylation is 2. The molecule has 3 rings (SSSR count). The Bertz CT molecular complexity index is 595. The third-order valence-electron chi connectivity index (χ3n) is 3.71. The normalized spacial score (nSPS) is 17.9. The SMILES string of the molecule is Cc1cc(F)ccc1NC1CCCc2cccnc21. The number of fused-ring (bicyclic) bond motifs is 1. The van der Waals surface area contributed by atoms with E-state index in [4.69, 9.17) is 0 Å². The van der Waals surface area contributed by atoms with Crippen LogP contribution in [0.3, 0.4) is 0 Å². The van der Waals surface area contributed by atoms with E-state index in [-0.39, 0.29) is 11.9 Å². The third kappa shape index (κ3) is 2.46. The van der Waals surface area contributed by atoms with Gasteiger partial charge >= 0.3 is 0 Å². The second-order valence-electron chi connectivity index (χ2n) is 5.10. The number of hydrogen-bond acceptors (Lipinski definition) is 2. The number of hydrogen-bond donors (Lipinski definition) is 1. The number of nitrogens with zero attached hydrogens (tertiary/aromatic N) is 1. The van der Waals surface area contributed by atoms with E-state index in [9.17, 15) is 4.39 Å². The van der Waals surface area contributed by atoms with Crippen LogP contribution in [0.5, 0.6) is 0 Å². The van der Waals surface area contributed by atoms with Crippen molar-refractivity contribution >= 4 is 5.69 Å². The fraction of sp³-hybridized carbons (Fsp3) is 0.312. The summed E-state index contributed by atoms with van der Waals surface area (Å²) in [5.41, 5.74) is 4.39. The van der Waals surface area contributed by atoms with Gasteiger partial charge in [0.05, 0.1) is 11.7 Å².